The third-order valence-electron chi connectivity index (χ3n) is 4.06. The molecular weight excluding hydrogens is 378 g/mol. The molecule has 1 N–H and O–H groups in total. The maximum Gasteiger partial charge on any atom is 0.338 e. The van der Waals surface area contributed by atoms with Crippen molar-refractivity contribution in [3.8, 4) is 12.3 Å². The van der Waals surface area contributed by atoms with E-state index in [1.54, 1.807) is 12.1 Å². The predicted molar refractivity (Wildman–Crippen MR) is 105 cm³/mol. The van der Waals surface area contributed by atoms with Crippen LogP contribution in [0.25, 0.3) is 0 Å². The average Bonchev–Trinajstić information content (AvgIpc) is 2.71. The zero-order valence-corrected chi connectivity index (χ0v) is 16.5. The van der Waals surface area contributed by atoms with Crippen LogP contribution < -0.4 is 4.72 Å². The number of carbonyl (C=O) groups is 2. The van der Waals surface area contributed by atoms with Crippen LogP contribution in [0, 0.1) is 12.3 Å². The lowest BCUT2D eigenvalue weighted by Gasteiger charge is -2.13. The Morgan fingerprint density at radius 3 is 2.18 bits per heavy atom. The normalized spacial score (nSPS) is 12.0. The van der Waals surface area contributed by atoms with Crippen molar-refractivity contribution in [2.24, 2.45) is 0 Å². The van der Waals surface area contributed by atoms with Gasteiger partial charge in [-0.15, -0.1) is 6.42 Å². The molecule has 0 radical (unpaired) electrons. The van der Waals surface area contributed by atoms with E-state index in [2.05, 4.69) is 10.6 Å². The van der Waals surface area contributed by atoms with Crippen LogP contribution in [-0.4, -0.2) is 32.8 Å². The van der Waals surface area contributed by atoms with Gasteiger partial charge in [0.1, 0.15) is 0 Å². The molecule has 1 unspecified atom stereocenters. The minimum atomic E-state index is -3.74. The van der Waals surface area contributed by atoms with E-state index in [0.29, 0.717) is 5.56 Å². The molecule has 0 aliphatic carbocycles. The number of ether oxygens (including phenoxy) is 1. The standard InChI is InChI=1S/C21H21NO5S/c1-4-14-22-28(25,26)19-12-10-18(11-13-19)21(24)27-15(3)20(23)17-8-6-16(5-2)7-9-17/h1,6-13,15,22H,5,14H2,2-3H3. The summed E-state index contributed by atoms with van der Waals surface area (Å²) in [7, 11) is -3.74. The number of benzene rings is 2. The van der Waals surface area contributed by atoms with E-state index in [4.69, 9.17) is 11.2 Å². The summed E-state index contributed by atoms with van der Waals surface area (Å²) in [6, 6.07) is 12.3. The zero-order valence-electron chi connectivity index (χ0n) is 15.6. The molecule has 0 amide bonds. The maximum atomic E-state index is 12.4. The van der Waals surface area contributed by atoms with E-state index < -0.39 is 22.1 Å². The van der Waals surface area contributed by atoms with E-state index in [1.165, 1.54) is 31.2 Å². The van der Waals surface area contributed by atoms with Crippen molar-refractivity contribution in [1.29, 1.82) is 0 Å². The van der Waals surface area contributed by atoms with Crippen molar-refractivity contribution in [1.82, 2.24) is 4.72 Å². The van der Waals surface area contributed by atoms with Crippen molar-refractivity contribution >= 4 is 21.8 Å². The summed E-state index contributed by atoms with van der Waals surface area (Å²) in [6.07, 6.45) is 4.93. The predicted octanol–water partition coefficient (Wildman–Crippen LogP) is 2.59. The quantitative estimate of drug-likeness (QED) is 0.419. The summed E-state index contributed by atoms with van der Waals surface area (Å²) >= 11 is 0. The Bertz CT molecular complexity index is 987. The third-order valence-corrected chi connectivity index (χ3v) is 5.48. The molecule has 0 saturated carbocycles. The van der Waals surface area contributed by atoms with Crippen molar-refractivity contribution in [2.45, 2.75) is 31.3 Å². The Morgan fingerprint density at radius 2 is 1.64 bits per heavy atom. The number of rotatable bonds is 8. The Hall–Kier alpha value is -2.95. The molecular formula is C21H21NO5S. The number of terminal acetylenes is 1. The molecule has 7 heteroatoms. The lowest BCUT2D eigenvalue weighted by atomic mass is 10.0. The van der Waals surface area contributed by atoms with Crippen LogP contribution in [0.4, 0.5) is 0 Å². The lowest BCUT2D eigenvalue weighted by molar-refractivity contribution is 0.0318. The molecule has 1 atom stereocenters. The molecule has 0 aromatic heterocycles. The Kier molecular flexibility index (Phi) is 7.10. The second kappa shape index (κ2) is 9.31. The molecule has 146 valence electrons. The highest BCUT2D eigenvalue weighted by molar-refractivity contribution is 7.89. The van der Waals surface area contributed by atoms with Crippen LogP contribution in [0.5, 0.6) is 0 Å². The van der Waals surface area contributed by atoms with Crippen LogP contribution >= 0.6 is 0 Å². The van der Waals surface area contributed by atoms with E-state index in [9.17, 15) is 18.0 Å². The summed E-state index contributed by atoms with van der Waals surface area (Å²) in [5.41, 5.74) is 1.70. The van der Waals surface area contributed by atoms with Gasteiger partial charge in [0.2, 0.25) is 15.8 Å². The van der Waals surface area contributed by atoms with Gasteiger partial charge in [0.15, 0.2) is 6.10 Å². The van der Waals surface area contributed by atoms with Gasteiger partial charge in [-0.1, -0.05) is 37.1 Å². The van der Waals surface area contributed by atoms with Crippen molar-refractivity contribution in [2.75, 3.05) is 6.54 Å². The monoisotopic (exact) mass is 399 g/mol. The summed E-state index contributed by atoms with van der Waals surface area (Å²) in [4.78, 5) is 24.6. The maximum absolute atomic E-state index is 12.4. The zero-order chi connectivity index (χ0) is 20.7. The number of carbonyl (C=O) groups excluding carboxylic acids is 2. The molecule has 0 aliphatic heterocycles. The van der Waals surface area contributed by atoms with Crippen molar-refractivity contribution in [3.05, 3.63) is 65.2 Å². The van der Waals surface area contributed by atoms with Gasteiger partial charge < -0.3 is 4.74 Å². The number of esters is 1. The van der Waals surface area contributed by atoms with E-state index in [-0.39, 0.29) is 22.8 Å². The molecule has 0 saturated heterocycles. The number of hydrogen-bond donors (Lipinski definition) is 1. The number of Topliss-reactive ketones (excluding diaryl/α,β-unsaturated/α-hetero) is 1. The molecule has 0 heterocycles. The SMILES string of the molecule is C#CCNS(=O)(=O)c1ccc(C(=O)OC(C)C(=O)c2ccc(CC)cc2)cc1. The van der Waals surface area contributed by atoms with Crippen LogP contribution in [0.1, 0.15) is 40.1 Å². The molecule has 2 aromatic rings. The molecule has 0 bridgehead atoms. The number of ketones is 1. The summed E-state index contributed by atoms with van der Waals surface area (Å²) < 4.78 is 31.4. The van der Waals surface area contributed by atoms with E-state index in [1.807, 2.05) is 19.1 Å². The smallest absolute Gasteiger partial charge is 0.338 e. The highest BCUT2D eigenvalue weighted by Gasteiger charge is 2.21. The van der Waals surface area contributed by atoms with Gasteiger partial charge in [-0.2, -0.15) is 4.72 Å². The number of sulfonamides is 1. The molecule has 2 rings (SSSR count). The Balaban J connectivity index is 2.05. The molecule has 2 aromatic carbocycles. The first-order chi connectivity index (χ1) is 13.3. The van der Waals surface area contributed by atoms with Gasteiger partial charge >= 0.3 is 5.97 Å². The second-order valence-electron chi connectivity index (χ2n) is 6.02. The van der Waals surface area contributed by atoms with E-state index in [0.717, 1.165) is 12.0 Å². The van der Waals surface area contributed by atoms with Crippen LogP contribution in [0.15, 0.2) is 53.4 Å². The largest absolute Gasteiger partial charge is 0.451 e. The molecule has 0 fully saturated rings. The van der Waals surface area contributed by atoms with Crippen LogP contribution in [0.2, 0.25) is 0 Å². The van der Waals surface area contributed by atoms with Gasteiger partial charge in [0.25, 0.3) is 0 Å². The highest BCUT2D eigenvalue weighted by Crippen LogP contribution is 2.14. The van der Waals surface area contributed by atoms with Crippen molar-refractivity contribution in [3.63, 3.8) is 0 Å². The molecule has 28 heavy (non-hydrogen) atoms. The number of aryl methyl sites for hydroxylation is 1. The van der Waals surface area contributed by atoms with Gasteiger partial charge in [0.05, 0.1) is 17.0 Å². The Labute approximate surface area is 165 Å². The number of hydrogen-bond acceptors (Lipinski definition) is 5. The topological polar surface area (TPSA) is 89.5 Å². The van der Waals surface area contributed by atoms with Gasteiger partial charge in [-0.3, -0.25) is 4.79 Å². The highest BCUT2D eigenvalue weighted by atomic mass is 32.2. The minimum Gasteiger partial charge on any atom is -0.451 e. The lowest BCUT2D eigenvalue weighted by Crippen LogP contribution is -2.25. The average molecular weight is 399 g/mol. The molecule has 0 aliphatic rings. The molecule has 6 nitrogen and oxygen atoms in total. The van der Waals surface area contributed by atoms with E-state index >= 15 is 0 Å². The van der Waals surface area contributed by atoms with Gasteiger partial charge in [-0.05, 0) is 43.2 Å². The summed E-state index contributed by atoms with van der Waals surface area (Å²) in [5.74, 6) is 1.15. The van der Waals surface area contributed by atoms with Crippen molar-refractivity contribution < 1.29 is 22.7 Å². The first-order valence-electron chi connectivity index (χ1n) is 8.65. The fraction of sp³-hybridized carbons (Fsp3) is 0.238. The first kappa shape index (κ1) is 21.4. The van der Waals surface area contributed by atoms with Gasteiger partial charge in [-0.25, -0.2) is 13.2 Å². The molecule has 0 spiro atoms. The van der Waals surface area contributed by atoms with Crippen LogP contribution in [0.3, 0.4) is 0 Å². The second-order valence-corrected chi connectivity index (χ2v) is 7.78. The van der Waals surface area contributed by atoms with Crippen LogP contribution in [-0.2, 0) is 21.2 Å². The number of nitrogens with one attached hydrogen (secondary N) is 1. The summed E-state index contributed by atoms with van der Waals surface area (Å²) in [6.45, 7) is 3.38. The third kappa shape index (κ3) is 5.28. The Morgan fingerprint density at radius 1 is 1.07 bits per heavy atom. The summed E-state index contributed by atoms with van der Waals surface area (Å²) in [5, 5.41) is 0. The fourth-order valence-electron chi connectivity index (χ4n) is 2.41. The fourth-order valence-corrected chi connectivity index (χ4v) is 3.35. The first-order valence-corrected chi connectivity index (χ1v) is 10.1. The van der Waals surface area contributed by atoms with Gasteiger partial charge in [0, 0.05) is 5.56 Å². The minimum absolute atomic E-state index is 0.0283.